The van der Waals surface area contributed by atoms with E-state index in [1.165, 1.54) is 66.1 Å². The highest BCUT2D eigenvalue weighted by Crippen LogP contribution is 2.52. The monoisotopic (exact) mass is 613 g/mol. The molecule has 228 valence electrons. The lowest BCUT2D eigenvalue weighted by molar-refractivity contribution is 0.661. The van der Waals surface area contributed by atoms with Gasteiger partial charge in [-0.1, -0.05) is 153 Å². The summed E-state index contributed by atoms with van der Waals surface area (Å²) >= 11 is 0. The summed E-state index contributed by atoms with van der Waals surface area (Å²) in [6, 6.07) is 64.2. The summed E-state index contributed by atoms with van der Waals surface area (Å²) in [4.78, 5) is 2.38. The van der Waals surface area contributed by atoms with Gasteiger partial charge >= 0.3 is 0 Å². The van der Waals surface area contributed by atoms with Crippen molar-refractivity contribution in [3.05, 3.63) is 187 Å². The highest BCUT2D eigenvalue weighted by Gasteiger charge is 2.36. The van der Waals surface area contributed by atoms with E-state index in [-0.39, 0.29) is 5.41 Å². The van der Waals surface area contributed by atoms with Crippen LogP contribution in [0.25, 0.3) is 54.9 Å². The highest BCUT2D eigenvalue weighted by molar-refractivity contribution is 6.07. The van der Waals surface area contributed by atoms with Crippen LogP contribution >= 0.6 is 0 Å². The van der Waals surface area contributed by atoms with Gasteiger partial charge < -0.3 is 4.90 Å². The fourth-order valence-electron chi connectivity index (χ4n) is 7.84. The van der Waals surface area contributed by atoms with Crippen LogP contribution in [0.2, 0.25) is 0 Å². The maximum atomic E-state index is 2.45. The molecule has 0 unspecified atom stereocenters. The zero-order valence-corrected chi connectivity index (χ0v) is 27.2. The third-order valence-electron chi connectivity index (χ3n) is 10.3. The maximum Gasteiger partial charge on any atom is 0.0540 e. The molecule has 9 rings (SSSR count). The Morgan fingerprint density at radius 3 is 1.75 bits per heavy atom. The van der Waals surface area contributed by atoms with E-state index >= 15 is 0 Å². The van der Waals surface area contributed by atoms with Crippen molar-refractivity contribution >= 4 is 38.6 Å². The molecule has 1 aliphatic carbocycles. The van der Waals surface area contributed by atoms with E-state index in [2.05, 4.69) is 195 Å². The first kappa shape index (κ1) is 28.3. The van der Waals surface area contributed by atoms with E-state index in [0.717, 1.165) is 17.1 Å². The minimum absolute atomic E-state index is 0.0868. The van der Waals surface area contributed by atoms with Crippen molar-refractivity contribution in [3.8, 4) is 33.4 Å². The highest BCUT2D eigenvalue weighted by atomic mass is 15.1. The second-order valence-electron chi connectivity index (χ2n) is 13.4. The molecule has 0 radical (unpaired) electrons. The summed E-state index contributed by atoms with van der Waals surface area (Å²) < 4.78 is 0. The molecule has 0 fully saturated rings. The molecule has 1 aliphatic rings. The molecule has 8 aromatic rings. The van der Waals surface area contributed by atoms with Gasteiger partial charge in [0.2, 0.25) is 0 Å². The van der Waals surface area contributed by atoms with Crippen molar-refractivity contribution in [3.63, 3.8) is 0 Å². The minimum atomic E-state index is -0.0868. The minimum Gasteiger partial charge on any atom is -0.310 e. The lowest BCUT2D eigenvalue weighted by Crippen LogP contribution is -2.15. The second-order valence-corrected chi connectivity index (χ2v) is 13.4. The normalized spacial score (nSPS) is 13.0. The molecule has 1 heteroatoms. The third-order valence-corrected chi connectivity index (χ3v) is 10.3. The first-order chi connectivity index (χ1) is 23.6. The summed E-state index contributed by atoms with van der Waals surface area (Å²) in [7, 11) is 0. The van der Waals surface area contributed by atoms with Crippen molar-refractivity contribution in [2.45, 2.75) is 19.3 Å². The summed E-state index contributed by atoms with van der Waals surface area (Å²) in [5, 5.41) is 5.10. The van der Waals surface area contributed by atoms with Crippen LogP contribution in [-0.4, -0.2) is 0 Å². The van der Waals surface area contributed by atoms with E-state index in [1.54, 1.807) is 0 Å². The van der Waals surface area contributed by atoms with Gasteiger partial charge in [0, 0.05) is 22.2 Å². The largest absolute Gasteiger partial charge is 0.310 e. The van der Waals surface area contributed by atoms with Gasteiger partial charge in [0.1, 0.15) is 0 Å². The van der Waals surface area contributed by atoms with Crippen molar-refractivity contribution in [2.24, 2.45) is 0 Å². The van der Waals surface area contributed by atoms with Gasteiger partial charge in [0.05, 0.1) is 5.69 Å². The molecule has 1 nitrogen and oxygen atoms in total. The second kappa shape index (κ2) is 11.1. The summed E-state index contributed by atoms with van der Waals surface area (Å²) in [6.45, 7) is 4.75. The van der Waals surface area contributed by atoms with Gasteiger partial charge in [-0.25, -0.2) is 0 Å². The van der Waals surface area contributed by atoms with E-state index in [4.69, 9.17) is 0 Å². The molecule has 8 aromatic carbocycles. The van der Waals surface area contributed by atoms with Crippen LogP contribution < -0.4 is 4.90 Å². The standard InChI is InChI=1S/C47H35N/c1-47(2)43-29-24-34-15-9-10-18-39(34)46(43)42-27-23-35(31-44(42)47)38-28-30-45(41-20-12-11-19-40(38)41)48(36-16-7-4-8-17-36)37-25-21-33(22-26-37)32-13-5-3-6-14-32/h3-31H,1-2H3. The molecular weight excluding hydrogens is 579 g/mol. The van der Waals surface area contributed by atoms with Crippen molar-refractivity contribution in [1.82, 2.24) is 0 Å². The molecule has 0 bridgehead atoms. The Balaban J connectivity index is 1.19. The number of anilines is 3. The van der Waals surface area contributed by atoms with Crippen LogP contribution in [0.15, 0.2) is 176 Å². The van der Waals surface area contributed by atoms with E-state index in [1.807, 2.05) is 0 Å². The van der Waals surface area contributed by atoms with Gasteiger partial charge in [0.25, 0.3) is 0 Å². The Labute approximate surface area is 282 Å². The summed E-state index contributed by atoms with van der Waals surface area (Å²) in [5.74, 6) is 0. The Morgan fingerprint density at radius 2 is 0.979 bits per heavy atom. The van der Waals surface area contributed by atoms with E-state index in [0.29, 0.717) is 0 Å². The Hall–Kier alpha value is -5.92. The first-order valence-corrected chi connectivity index (χ1v) is 16.8. The predicted molar refractivity (Wildman–Crippen MR) is 205 cm³/mol. The maximum absolute atomic E-state index is 2.45. The number of hydrogen-bond acceptors (Lipinski definition) is 1. The van der Waals surface area contributed by atoms with Crippen molar-refractivity contribution < 1.29 is 0 Å². The number of para-hydroxylation sites is 1. The Kier molecular flexibility index (Phi) is 6.55. The van der Waals surface area contributed by atoms with E-state index < -0.39 is 0 Å². The lowest BCUT2D eigenvalue weighted by Gasteiger charge is -2.28. The zero-order valence-electron chi connectivity index (χ0n) is 27.2. The van der Waals surface area contributed by atoms with Crippen LogP contribution in [0.4, 0.5) is 17.1 Å². The molecule has 0 spiro atoms. The lowest BCUT2D eigenvalue weighted by atomic mass is 9.81. The molecule has 0 aliphatic heterocycles. The molecule has 0 heterocycles. The van der Waals surface area contributed by atoms with Crippen LogP contribution in [0.5, 0.6) is 0 Å². The quantitative estimate of drug-likeness (QED) is 0.187. The van der Waals surface area contributed by atoms with Crippen LogP contribution in [0.1, 0.15) is 25.0 Å². The molecule has 0 amide bonds. The predicted octanol–water partition coefficient (Wildman–Crippen LogP) is 13.1. The van der Waals surface area contributed by atoms with E-state index in [9.17, 15) is 0 Å². The number of rotatable bonds is 5. The molecule has 0 aromatic heterocycles. The zero-order chi connectivity index (χ0) is 32.2. The fourth-order valence-corrected chi connectivity index (χ4v) is 7.84. The number of nitrogens with zero attached hydrogens (tertiary/aromatic N) is 1. The summed E-state index contributed by atoms with van der Waals surface area (Å²) in [6.07, 6.45) is 0. The van der Waals surface area contributed by atoms with Gasteiger partial charge in [-0.2, -0.15) is 0 Å². The Bertz CT molecular complexity index is 2460. The Morgan fingerprint density at radius 1 is 0.396 bits per heavy atom. The molecule has 0 saturated carbocycles. The van der Waals surface area contributed by atoms with Gasteiger partial charge in [-0.05, 0) is 97.1 Å². The molecule has 48 heavy (non-hydrogen) atoms. The van der Waals surface area contributed by atoms with Crippen LogP contribution in [0, 0.1) is 0 Å². The first-order valence-electron chi connectivity index (χ1n) is 16.8. The number of hydrogen-bond donors (Lipinski definition) is 0. The van der Waals surface area contributed by atoms with Gasteiger partial charge in [0.15, 0.2) is 0 Å². The van der Waals surface area contributed by atoms with Gasteiger partial charge in [-0.3, -0.25) is 0 Å². The molecule has 0 atom stereocenters. The van der Waals surface area contributed by atoms with Crippen molar-refractivity contribution in [2.75, 3.05) is 4.90 Å². The van der Waals surface area contributed by atoms with Crippen LogP contribution in [0.3, 0.4) is 0 Å². The third kappa shape index (κ3) is 4.47. The molecule has 0 N–H and O–H groups in total. The van der Waals surface area contributed by atoms with Crippen LogP contribution in [-0.2, 0) is 5.41 Å². The topological polar surface area (TPSA) is 3.24 Å². The van der Waals surface area contributed by atoms with Gasteiger partial charge in [-0.15, -0.1) is 0 Å². The average molecular weight is 614 g/mol. The molecule has 0 saturated heterocycles. The van der Waals surface area contributed by atoms with Crippen molar-refractivity contribution in [1.29, 1.82) is 0 Å². The SMILES string of the molecule is CC1(C)c2cc(-c3ccc(N(c4ccccc4)c4ccc(-c5ccccc5)cc4)c4ccccc34)ccc2-c2c1ccc1ccccc21. The summed E-state index contributed by atoms with van der Waals surface area (Å²) in [5.41, 5.74) is 13.8. The number of fused-ring (bicyclic) bond motifs is 6. The molecular formula is C47H35N. The number of benzene rings is 8. The fraction of sp³-hybridized carbons (Fsp3) is 0.0638. The smallest absolute Gasteiger partial charge is 0.0540 e. The average Bonchev–Trinajstić information content (AvgIpc) is 3.38.